The summed E-state index contributed by atoms with van der Waals surface area (Å²) in [6.45, 7) is 0. The zero-order valence-electron chi connectivity index (χ0n) is 11.3. The van der Waals surface area contributed by atoms with Crippen LogP contribution >= 0.6 is 22.9 Å². The number of fused-ring (bicyclic) bond motifs is 1. The number of thiazole rings is 1. The highest BCUT2D eigenvalue weighted by Crippen LogP contribution is 2.38. The van der Waals surface area contributed by atoms with E-state index in [0.29, 0.717) is 33.3 Å². The van der Waals surface area contributed by atoms with Crippen LogP contribution in [-0.4, -0.2) is 9.55 Å². The molecule has 1 aromatic carbocycles. The maximum atomic E-state index is 13.8. The van der Waals surface area contributed by atoms with Gasteiger partial charge in [-0.3, -0.25) is 4.79 Å². The first-order valence-electron chi connectivity index (χ1n) is 6.80. The van der Waals surface area contributed by atoms with Crippen LogP contribution in [0.1, 0.15) is 18.9 Å². The highest BCUT2D eigenvalue weighted by atomic mass is 35.5. The van der Waals surface area contributed by atoms with Crippen LogP contribution in [0.5, 0.6) is 0 Å². The van der Waals surface area contributed by atoms with Gasteiger partial charge in [0, 0.05) is 23.0 Å². The van der Waals surface area contributed by atoms with Crippen LogP contribution in [0.25, 0.3) is 22.2 Å². The lowest BCUT2D eigenvalue weighted by atomic mass is 10.1. The molecule has 4 rings (SSSR count). The van der Waals surface area contributed by atoms with Crippen molar-refractivity contribution in [2.75, 3.05) is 5.73 Å². The normalized spacial score (nSPS) is 14.6. The Morgan fingerprint density at radius 1 is 1.41 bits per heavy atom. The van der Waals surface area contributed by atoms with E-state index in [9.17, 15) is 9.18 Å². The zero-order chi connectivity index (χ0) is 15.4. The number of aromatic nitrogens is 2. The molecule has 3 aromatic rings. The van der Waals surface area contributed by atoms with E-state index < -0.39 is 5.82 Å². The van der Waals surface area contributed by atoms with Gasteiger partial charge in [-0.05, 0) is 25.0 Å². The Hall–Kier alpha value is -1.92. The van der Waals surface area contributed by atoms with Gasteiger partial charge in [0.2, 0.25) is 0 Å². The maximum absolute atomic E-state index is 13.8. The van der Waals surface area contributed by atoms with Gasteiger partial charge in [0.05, 0.1) is 21.8 Å². The van der Waals surface area contributed by atoms with Crippen molar-refractivity contribution in [3.05, 3.63) is 44.8 Å². The van der Waals surface area contributed by atoms with Crippen molar-refractivity contribution in [3.63, 3.8) is 0 Å². The van der Waals surface area contributed by atoms with Crippen molar-refractivity contribution in [3.8, 4) is 11.3 Å². The van der Waals surface area contributed by atoms with Gasteiger partial charge < -0.3 is 10.3 Å². The minimum atomic E-state index is -0.594. The number of nitrogens with two attached hydrogens (primary N) is 1. The minimum Gasteiger partial charge on any atom is -0.375 e. The second-order valence-electron chi connectivity index (χ2n) is 5.36. The molecule has 1 aliphatic rings. The third-order valence-electron chi connectivity index (χ3n) is 3.81. The Morgan fingerprint density at radius 2 is 2.18 bits per heavy atom. The average Bonchev–Trinajstić information content (AvgIpc) is 3.23. The highest BCUT2D eigenvalue weighted by molar-refractivity contribution is 7.13. The molecular formula is C15H11ClFN3OS. The highest BCUT2D eigenvalue weighted by Gasteiger charge is 2.26. The summed E-state index contributed by atoms with van der Waals surface area (Å²) in [5, 5.41) is 2.47. The molecule has 0 atom stereocenters. The average molecular weight is 336 g/mol. The molecule has 2 heterocycles. The molecule has 0 amide bonds. The molecule has 0 spiro atoms. The number of hydrogen-bond acceptors (Lipinski definition) is 4. The fourth-order valence-corrected chi connectivity index (χ4v) is 3.31. The molecule has 22 heavy (non-hydrogen) atoms. The van der Waals surface area contributed by atoms with Gasteiger partial charge in [-0.15, -0.1) is 11.3 Å². The summed E-state index contributed by atoms with van der Waals surface area (Å²) >= 11 is 7.15. The first-order valence-corrected chi connectivity index (χ1v) is 8.05. The molecule has 1 aliphatic carbocycles. The van der Waals surface area contributed by atoms with E-state index in [2.05, 4.69) is 4.98 Å². The lowest BCUT2D eigenvalue weighted by molar-refractivity contribution is 0.629. The van der Waals surface area contributed by atoms with Crippen LogP contribution in [0.15, 0.2) is 28.5 Å². The van der Waals surface area contributed by atoms with Crippen LogP contribution < -0.4 is 11.2 Å². The van der Waals surface area contributed by atoms with E-state index in [1.165, 1.54) is 23.5 Å². The standard InChI is InChI=1S/C15H11ClFN3OS/c16-10-4-13-8(3-11(10)17)14(21)9(5-20(13)7-1-2-7)12-6-22-15(18)19-12/h3-7H,1-2H2,(H2,18,19). The Bertz CT molecular complexity index is 961. The molecule has 0 saturated heterocycles. The van der Waals surface area contributed by atoms with Crippen LogP contribution in [0.4, 0.5) is 9.52 Å². The Labute approximate surface area is 134 Å². The van der Waals surface area contributed by atoms with Crippen molar-refractivity contribution in [1.82, 2.24) is 9.55 Å². The smallest absolute Gasteiger partial charge is 0.198 e. The van der Waals surface area contributed by atoms with Gasteiger partial charge in [-0.2, -0.15) is 0 Å². The number of benzene rings is 1. The van der Waals surface area contributed by atoms with E-state index in [4.69, 9.17) is 17.3 Å². The molecule has 4 nitrogen and oxygen atoms in total. The third-order valence-corrected chi connectivity index (χ3v) is 4.78. The lowest BCUT2D eigenvalue weighted by Crippen LogP contribution is -2.12. The number of hydrogen-bond donors (Lipinski definition) is 1. The first-order chi connectivity index (χ1) is 10.5. The molecule has 0 radical (unpaired) electrons. The topological polar surface area (TPSA) is 60.9 Å². The predicted octanol–water partition coefficient (Wildman–Crippen LogP) is 3.83. The molecule has 2 aromatic heterocycles. The zero-order valence-corrected chi connectivity index (χ0v) is 12.9. The predicted molar refractivity (Wildman–Crippen MR) is 87.0 cm³/mol. The lowest BCUT2D eigenvalue weighted by Gasteiger charge is -2.12. The van der Waals surface area contributed by atoms with Crippen LogP contribution in [-0.2, 0) is 0 Å². The van der Waals surface area contributed by atoms with E-state index >= 15 is 0 Å². The van der Waals surface area contributed by atoms with Crippen molar-refractivity contribution >= 4 is 39.0 Å². The number of nitrogen functional groups attached to an aromatic ring is 1. The fourth-order valence-electron chi connectivity index (χ4n) is 2.59. The van der Waals surface area contributed by atoms with Crippen molar-refractivity contribution < 1.29 is 4.39 Å². The van der Waals surface area contributed by atoms with Crippen molar-refractivity contribution in [1.29, 1.82) is 0 Å². The SMILES string of the molecule is Nc1nc(-c2cn(C3CC3)c3cc(Cl)c(F)cc3c2=O)cs1. The Kier molecular flexibility index (Phi) is 2.99. The largest absolute Gasteiger partial charge is 0.375 e. The summed E-state index contributed by atoms with van der Waals surface area (Å²) in [5.74, 6) is -0.594. The molecule has 0 aliphatic heterocycles. The second kappa shape index (κ2) is 4.79. The molecule has 112 valence electrons. The molecule has 0 unspecified atom stereocenters. The van der Waals surface area contributed by atoms with Gasteiger partial charge in [0.15, 0.2) is 10.6 Å². The van der Waals surface area contributed by atoms with E-state index in [1.807, 2.05) is 4.57 Å². The van der Waals surface area contributed by atoms with Gasteiger partial charge in [0.1, 0.15) is 5.82 Å². The van der Waals surface area contributed by atoms with E-state index in [0.717, 1.165) is 12.8 Å². The van der Waals surface area contributed by atoms with Crippen LogP contribution in [0.2, 0.25) is 5.02 Å². The fraction of sp³-hybridized carbons (Fsp3) is 0.200. The van der Waals surface area contributed by atoms with Crippen LogP contribution in [0.3, 0.4) is 0 Å². The molecule has 1 fully saturated rings. The summed E-state index contributed by atoms with van der Waals surface area (Å²) in [6, 6.07) is 3.04. The summed E-state index contributed by atoms with van der Waals surface area (Å²) in [4.78, 5) is 16.9. The number of anilines is 1. The second-order valence-corrected chi connectivity index (χ2v) is 6.66. The summed E-state index contributed by atoms with van der Waals surface area (Å²) in [5.41, 5.74) is 7.02. The maximum Gasteiger partial charge on any atom is 0.198 e. The Morgan fingerprint density at radius 3 is 2.82 bits per heavy atom. The number of rotatable bonds is 2. The molecular weight excluding hydrogens is 325 g/mol. The van der Waals surface area contributed by atoms with Crippen molar-refractivity contribution in [2.24, 2.45) is 0 Å². The molecule has 2 N–H and O–H groups in total. The third kappa shape index (κ3) is 2.10. The monoisotopic (exact) mass is 335 g/mol. The molecule has 7 heteroatoms. The van der Waals surface area contributed by atoms with E-state index in [-0.39, 0.29) is 10.5 Å². The summed E-state index contributed by atoms with van der Waals surface area (Å²) in [7, 11) is 0. The molecule has 0 bridgehead atoms. The number of nitrogens with zero attached hydrogens (tertiary/aromatic N) is 2. The number of pyridine rings is 1. The van der Waals surface area contributed by atoms with Gasteiger partial charge in [0.25, 0.3) is 0 Å². The molecule has 1 saturated carbocycles. The van der Waals surface area contributed by atoms with Gasteiger partial charge >= 0.3 is 0 Å². The van der Waals surface area contributed by atoms with Crippen molar-refractivity contribution in [2.45, 2.75) is 18.9 Å². The first kappa shape index (κ1) is 13.7. The van der Waals surface area contributed by atoms with Gasteiger partial charge in [-0.25, -0.2) is 9.37 Å². The number of halogens is 2. The van der Waals surface area contributed by atoms with Crippen LogP contribution in [0, 0.1) is 5.82 Å². The minimum absolute atomic E-state index is 0.0203. The quantitative estimate of drug-likeness (QED) is 0.774. The van der Waals surface area contributed by atoms with E-state index in [1.54, 1.807) is 11.6 Å². The summed E-state index contributed by atoms with van der Waals surface area (Å²) in [6.07, 6.45) is 3.85. The summed E-state index contributed by atoms with van der Waals surface area (Å²) < 4.78 is 15.8. The van der Waals surface area contributed by atoms with Gasteiger partial charge in [-0.1, -0.05) is 11.6 Å². The Balaban J connectivity index is 2.09.